The van der Waals surface area contributed by atoms with E-state index in [2.05, 4.69) is 10.4 Å². The molecule has 35 heavy (non-hydrogen) atoms. The summed E-state index contributed by atoms with van der Waals surface area (Å²) in [5.41, 5.74) is 2.34. The summed E-state index contributed by atoms with van der Waals surface area (Å²) >= 11 is 0. The normalized spacial score (nSPS) is 11.7. The van der Waals surface area contributed by atoms with E-state index in [1.807, 2.05) is 44.2 Å². The van der Waals surface area contributed by atoms with Crippen molar-refractivity contribution in [2.75, 3.05) is 7.11 Å². The number of aromatic nitrogens is 2. The van der Waals surface area contributed by atoms with Crippen LogP contribution in [0, 0.1) is 0 Å². The predicted octanol–water partition coefficient (Wildman–Crippen LogP) is 3.07. The highest BCUT2D eigenvalue weighted by Gasteiger charge is 2.25. The molecule has 0 fully saturated rings. The Morgan fingerprint density at radius 3 is 2.31 bits per heavy atom. The van der Waals surface area contributed by atoms with Gasteiger partial charge in [-0.3, -0.25) is 4.79 Å². The van der Waals surface area contributed by atoms with Crippen molar-refractivity contribution in [1.29, 1.82) is 0 Å². The summed E-state index contributed by atoms with van der Waals surface area (Å²) < 4.78 is 6.50. The fourth-order valence-corrected chi connectivity index (χ4v) is 3.69. The molecule has 184 valence electrons. The average Bonchev–Trinajstić information content (AvgIpc) is 2.84. The molecule has 0 radical (unpaired) electrons. The van der Waals surface area contributed by atoms with Crippen LogP contribution in [0.5, 0.6) is 5.75 Å². The molecule has 1 heterocycles. The van der Waals surface area contributed by atoms with Gasteiger partial charge in [-0.25, -0.2) is 14.3 Å². The lowest BCUT2D eigenvalue weighted by molar-refractivity contribution is -0.139. The van der Waals surface area contributed by atoms with Crippen LogP contribution < -0.4 is 15.6 Å². The minimum Gasteiger partial charge on any atom is -0.494 e. The fraction of sp³-hybridized carbons (Fsp3) is 0.308. The maximum absolute atomic E-state index is 13.0. The maximum Gasteiger partial charge on any atom is 0.326 e. The van der Waals surface area contributed by atoms with Crippen LogP contribution >= 0.6 is 0 Å². The van der Waals surface area contributed by atoms with Crippen molar-refractivity contribution in [3.63, 3.8) is 0 Å². The van der Waals surface area contributed by atoms with Crippen molar-refractivity contribution < 1.29 is 19.4 Å². The van der Waals surface area contributed by atoms with Crippen LogP contribution in [-0.2, 0) is 24.8 Å². The van der Waals surface area contributed by atoms with Crippen LogP contribution in [0.2, 0.25) is 0 Å². The molecule has 1 atom stereocenters. The average molecular weight is 479 g/mol. The second-order valence-electron chi connectivity index (χ2n) is 8.47. The number of benzene rings is 2. The van der Waals surface area contributed by atoms with E-state index in [-0.39, 0.29) is 18.0 Å². The Kier molecular flexibility index (Phi) is 8.25. The second-order valence-corrected chi connectivity index (χ2v) is 8.47. The highest BCUT2D eigenvalue weighted by molar-refractivity contribution is 5.83. The first-order chi connectivity index (χ1) is 16.7. The first-order valence-electron chi connectivity index (χ1n) is 11.2. The number of hydrogen-bond acceptors (Lipinski definition) is 5. The van der Waals surface area contributed by atoms with Crippen LogP contribution in [0.4, 0.5) is 4.79 Å². The van der Waals surface area contributed by atoms with Gasteiger partial charge >= 0.3 is 12.0 Å². The van der Waals surface area contributed by atoms with Gasteiger partial charge in [0, 0.05) is 26.1 Å². The van der Waals surface area contributed by atoms with Crippen molar-refractivity contribution in [2.24, 2.45) is 7.05 Å². The summed E-state index contributed by atoms with van der Waals surface area (Å²) in [5.74, 6) is -0.778. The lowest BCUT2D eigenvalue weighted by Crippen LogP contribution is -2.50. The van der Waals surface area contributed by atoms with Crippen molar-refractivity contribution in [2.45, 2.75) is 38.9 Å². The number of urea groups is 1. The van der Waals surface area contributed by atoms with E-state index in [1.165, 1.54) is 18.0 Å². The van der Waals surface area contributed by atoms with Crippen LogP contribution in [0.1, 0.15) is 25.0 Å². The number of carbonyl (C=O) groups is 2. The summed E-state index contributed by atoms with van der Waals surface area (Å²) in [6, 6.07) is 14.8. The molecule has 0 bridgehead atoms. The van der Waals surface area contributed by atoms with Gasteiger partial charge in [-0.2, -0.15) is 5.10 Å². The molecule has 0 aliphatic carbocycles. The summed E-state index contributed by atoms with van der Waals surface area (Å²) in [6.45, 7) is 4.14. The molecule has 0 saturated heterocycles. The molecule has 0 aliphatic rings. The lowest BCUT2D eigenvalue weighted by Gasteiger charge is -2.28. The molecule has 3 rings (SSSR count). The molecule has 2 aromatic carbocycles. The Morgan fingerprint density at radius 1 is 1.09 bits per heavy atom. The Morgan fingerprint density at radius 2 is 1.74 bits per heavy atom. The Hall–Kier alpha value is -4.14. The monoisotopic (exact) mass is 478 g/mol. The second kappa shape index (κ2) is 11.3. The van der Waals surface area contributed by atoms with Gasteiger partial charge in [0.1, 0.15) is 6.04 Å². The first-order valence-corrected chi connectivity index (χ1v) is 11.2. The van der Waals surface area contributed by atoms with Gasteiger partial charge < -0.3 is 20.1 Å². The number of rotatable bonds is 9. The van der Waals surface area contributed by atoms with Gasteiger partial charge in [-0.1, -0.05) is 54.6 Å². The quantitative estimate of drug-likeness (QED) is 0.489. The number of carbonyl (C=O) groups excluding carboxylic acids is 1. The molecule has 3 aromatic rings. The molecule has 0 unspecified atom stereocenters. The number of amides is 2. The minimum atomic E-state index is -1.13. The van der Waals surface area contributed by atoms with Crippen LogP contribution in [-0.4, -0.2) is 51.0 Å². The van der Waals surface area contributed by atoms with Crippen LogP contribution in [0.25, 0.3) is 11.1 Å². The zero-order valence-corrected chi connectivity index (χ0v) is 20.3. The minimum absolute atomic E-state index is 0.0874. The van der Waals surface area contributed by atoms with Gasteiger partial charge in [0.25, 0.3) is 5.56 Å². The Bertz CT molecular complexity index is 1220. The molecule has 0 saturated carbocycles. The molecular formula is C26H30N4O5. The zero-order chi connectivity index (χ0) is 25.5. The molecule has 0 aliphatic heterocycles. The summed E-state index contributed by atoms with van der Waals surface area (Å²) in [6.07, 6.45) is 1.56. The zero-order valence-electron chi connectivity index (χ0n) is 20.3. The third kappa shape index (κ3) is 6.26. The SMILES string of the molecule is COc1cnn(C)c(=O)c1-c1ccc(C[C@H](NC(=O)N(Cc2ccccc2)C(C)C)C(=O)O)cc1. The summed E-state index contributed by atoms with van der Waals surface area (Å²) in [7, 11) is 3.02. The van der Waals surface area contributed by atoms with Crippen molar-refractivity contribution >= 4 is 12.0 Å². The standard InChI is InChI=1S/C26H30N4O5/c1-17(2)30(16-19-8-6-5-7-9-19)26(34)28-21(25(32)33)14-18-10-12-20(13-11-18)23-22(35-4)15-27-29(3)24(23)31/h5-13,15,17,21H,14,16H2,1-4H3,(H,28,34)(H,32,33)/t21-/m0/s1. The van der Waals surface area contributed by atoms with Crippen molar-refractivity contribution in [1.82, 2.24) is 20.0 Å². The van der Waals surface area contributed by atoms with E-state index < -0.39 is 18.0 Å². The predicted molar refractivity (Wildman–Crippen MR) is 132 cm³/mol. The van der Waals surface area contributed by atoms with Gasteiger partial charge in [-0.05, 0) is 30.5 Å². The third-order valence-corrected chi connectivity index (χ3v) is 5.68. The van der Waals surface area contributed by atoms with Gasteiger partial charge in [0.2, 0.25) is 0 Å². The van der Waals surface area contributed by atoms with E-state index in [1.54, 1.807) is 36.2 Å². The molecule has 9 heteroatoms. The molecule has 0 spiro atoms. The van der Waals surface area contributed by atoms with E-state index in [9.17, 15) is 19.5 Å². The van der Waals surface area contributed by atoms with E-state index in [0.717, 1.165) is 5.56 Å². The number of nitrogens with zero attached hydrogens (tertiary/aromatic N) is 3. The summed E-state index contributed by atoms with van der Waals surface area (Å²) in [5, 5.41) is 16.4. The number of ether oxygens (including phenoxy) is 1. The van der Waals surface area contributed by atoms with E-state index >= 15 is 0 Å². The Balaban J connectivity index is 1.76. The number of nitrogens with one attached hydrogen (secondary N) is 1. The van der Waals surface area contributed by atoms with Crippen LogP contribution in [0.15, 0.2) is 65.6 Å². The summed E-state index contributed by atoms with van der Waals surface area (Å²) in [4.78, 5) is 39.1. The maximum atomic E-state index is 13.0. The molecule has 1 aromatic heterocycles. The van der Waals surface area contributed by atoms with Gasteiger partial charge in [0.15, 0.2) is 5.75 Å². The van der Waals surface area contributed by atoms with E-state index in [0.29, 0.717) is 29.0 Å². The number of aliphatic carboxylic acids is 1. The molecule has 2 N–H and O–H groups in total. The third-order valence-electron chi connectivity index (χ3n) is 5.68. The topological polar surface area (TPSA) is 114 Å². The number of hydrogen-bond donors (Lipinski definition) is 2. The van der Waals surface area contributed by atoms with Gasteiger partial charge in [-0.15, -0.1) is 0 Å². The number of aryl methyl sites for hydroxylation is 1. The first kappa shape index (κ1) is 25.5. The van der Waals surface area contributed by atoms with Crippen molar-refractivity contribution in [3.8, 4) is 16.9 Å². The largest absolute Gasteiger partial charge is 0.494 e. The molecular weight excluding hydrogens is 448 g/mol. The molecule has 2 amide bonds. The van der Waals surface area contributed by atoms with Crippen LogP contribution in [0.3, 0.4) is 0 Å². The highest BCUT2D eigenvalue weighted by Crippen LogP contribution is 2.25. The number of carboxylic acid groups (broad SMARTS) is 1. The Labute approximate surface area is 204 Å². The van der Waals surface area contributed by atoms with E-state index in [4.69, 9.17) is 4.74 Å². The fourth-order valence-electron chi connectivity index (χ4n) is 3.69. The lowest BCUT2D eigenvalue weighted by atomic mass is 10.0. The number of methoxy groups -OCH3 is 1. The van der Waals surface area contributed by atoms with Gasteiger partial charge in [0.05, 0.1) is 18.9 Å². The van der Waals surface area contributed by atoms with Crippen molar-refractivity contribution in [3.05, 3.63) is 82.3 Å². The number of carboxylic acids is 1. The smallest absolute Gasteiger partial charge is 0.326 e. The highest BCUT2D eigenvalue weighted by atomic mass is 16.5. The molecule has 9 nitrogen and oxygen atoms in total.